The normalized spacial score (nSPS) is 14.8. The summed E-state index contributed by atoms with van der Waals surface area (Å²) >= 11 is 0. The van der Waals surface area contributed by atoms with Gasteiger partial charge in [0.15, 0.2) is 0 Å². The molecule has 2 aliphatic heterocycles. The van der Waals surface area contributed by atoms with Crippen molar-refractivity contribution in [1.29, 1.82) is 0 Å². The molecule has 0 amide bonds. The standard InChI is InChI=1S/C126H148BN3/c1-115(2,3)83-50-45-77(46-51-83)97-71-91(123(25,26)27)73-100(94-57-54-86(118(10,11)12)75-103(94)126(34,35)36)113(97)130-109-76-93(128-106-43-39-37-41-95(106)96-42-38-40-44-107(96)128)56-60-105(109)127-104-59-49-79(80-61-87(119(13,14)15)68-88(62-80)120(16,17)18)65-108(104)129(110-66-82(67-111(130)112(110)127)81-63-89(121(19,20)21)69-90(64-81)122(22,23)24)114-98(78-47-52-84(53-48-78)116(4,5)6)72-92(124(28,29)30)74-101(114)99-70-85(117(7,8)9)55-58-102(99)125(31,32)33/h37-76H,1-36H3/i37D,38D,39D,40D,41D,42D,43D,44D. The number of rotatable bonds is 9. The van der Waals surface area contributed by atoms with Gasteiger partial charge in [-0.05, 0) is 259 Å². The van der Waals surface area contributed by atoms with E-state index in [2.05, 4.69) is 447 Å². The summed E-state index contributed by atoms with van der Waals surface area (Å²) in [7, 11) is 0. The van der Waals surface area contributed by atoms with Crippen molar-refractivity contribution in [3.63, 3.8) is 0 Å². The molecule has 16 rings (SSSR count). The molecule has 14 aromatic rings. The molecule has 670 valence electrons. The Labute approximate surface area is 795 Å². The molecule has 3 nitrogen and oxygen atoms in total. The summed E-state index contributed by atoms with van der Waals surface area (Å²) in [6.07, 6.45) is 0. The van der Waals surface area contributed by atoms with E-state index in [0.29, 0.717) is 5.69 Å². The third kappa shape index (κ3) is 17.3. The topological polar surface area (TPSA) is 11.4 Å². The van der Waals surface area contributed by atoms with Crippen LogP contribution in [0.25, 0.3) is 94.3 Å². The average molecular weight is 1720 g/mol. The van der Waals surface area contributed by atoms with Crippen LogP contribution in [0.15, 0.2) is 242 Å². The fourth-order valence-corrected chi connectivity index (χ4v) is 19.5. The Morgan fingerprint density at radius 1 is 0.215 bits per heavy atom. The van der Waals surface area contributed by atoms with Gasteiger partial charge in [-0.1, -0.05) is 425 Å². The molecule has 0 atom stereocenters. The number of hydrogen-bond acceptors (Lipinski definition) is 2. The average Bonchev–Trinajstić information content (AvgIpc) is 0.842. The van der Waals surface area contributed by atoms with E-state index in [1.807, 2.05) is 6.07 Å². The van der Waals surface area contributed by atoms with Gasteiger partial charge in [-0.2, -0.15) is 0 Å². The van der Waals surface area contributed by atoms with Crippen molar-refractivity contribution < 1.29 is 11.0 Å². The van der Waals surface area contributed by atoms with Gasteiger partial charge < -0.3 is 14.4 Å². The van der Waals surface area contributed by atoms with Gasteiger partial charge >= 0.3 is 0 Å². The van der Waals surface area contributed by atoms with E-state index < -0.39 is 53.8 Å². The molecule has 3 heterocycles. The number of anilines is 6. The Kier molecular flexibility index (Phi) is 20.0. The van der Waals surface area contributed by atoms with E-state index in [1.54, 1.807) is 4.57 Å². The Hall–Kier alpha value is -10.7. The van der Waals surface area contributed by atoms with Crippen LogP contribution in [0, 0.1) is 0 Å². The maximum atomic E-state index is 10.2. The molecule has 0 bridgehead atoms. The lowest BCUT2D eigenvalue weighted by atomic mass is 9.33. The minimum Gasteiger partial charge on any atom is -0.310 e. The lowest BCUT2D eigenvalue weighted by molar-refractivity contribution is 0.568. The van der Waals surface area contributed by atoms with Crippen molar-refractivity contribution in [2.45, 2.75) is 314 Å². The Morgan fingerprint density at radius 2 is 0.523 bits per heavy atom. The zero-order chi connectivity index (χ0) is 101. The molecule has 0 aliphatic carbocycles. The van der Waals surface area contributed by atoms with E-state index in [1.165, 1.54) is 61.2 Å². The Balaban J connectivity index is 1.24. The monoisotopic (exact) mass is 1720 g/mol. The Bertz CT molecular complexity index is 7170. The molecular weight excluding hydrogens is 1570 g/mol. The third-order valence-electron chi connectivity index (χ3n) is 27.8. The van der Waals surface area contributed by atoms with E-state index in [0.717, 1.165) is 123 Å². The van der Waals surface area contributed by atoms with Gasteiger partial charge in [0.1, 0.15) is 0 Å². The minimum atomic E-state index is -0.585. The minimum absolute atomic E-state index is 0.0118. The van der Waals surface area contributed by atoms with E-state index >= 15 is 0 Å². The van der Waals surface area contributed by atoms with Gasteiger partial charge in [0.2, 0.25) is 0 Å². The summed E-state index contributed by atoms with van der Waals surface area (Å²) in [5, 5.41) is 0.0235. The molecule has 0 unspecified atom stereocenters. The van der Waals surface area contributed by atoms with Crippen LogP contribution in [0.3, 0.4) is 0 Å². The highest BCUT2D eigenvalue weighted by molar-refractivity contribution is 7.00. The first kappa shape index (κ1) is 82.5. The van der Waals surface area contributed by atoms with Gasteiger partial charge in [0, 0.05) is 61.5 Å². The molecule has 0 saturated carbocycles. The second-order valence-electron chi connectivity index (χ2n) is 50.4. The van der Waals surface area contributed by atoms with Gasteiger partial charge in [-0.15, -0.1) is 0 Å². The van der Waals surface area contributed by atoms with Crippen molar-refractivity contribution >= 4 is 79.0 Å². The lowest BCUT2D eigenvalue weighted by Crippen LogP contribution is -2.61. The number of hydrogen-bond donors (Lipinski definition) is 0. The fraction of sp³-hybridized carbons (Fsp3) is 0.381. The maximum Gasteiger partial charge on any atom is 0.252 e. The number of nitrogens with zero attached hydrogens (tertiary/aromatic N) is 3. The summed E-state index contributed by atoms with van der Waals surface area (Å²) < 4.78 is 80.1. The molecule has 0 radical (unpaired) electrons. The first-order chi connectivity index (χ1) is 63.3. The quantitative estimate of drug-likeness (QED) is 0.133. The van der Waals surface area contributed by atoms with Crippen molar-refractivity contribution in [2.24, 2.45) is 0 Å². The molecule has 0 saturated heterocycles. The van der Waals surface area contributed by atoms with Crippen LogP contribution in [-0.2, 0) is 65.0 Å². The maximum absolute atomic E-state index is 10.2. The molecule has 2 aliphatic rings. The highest BCUT2D eigenvalue weighted by Crippen LogP contribution is 2.59. The van der Waals surface area contributed by atoms with Gasteiger partial charge in [-0.3, -0.25) is 0 Å². The van der Waals surface area contributed by atoms with Gasteiger partial charge in [-0.25, -0.2) is 0 Å². The summed E-state index contributed by atoms with van der Waals surface area (Å²) in [5.74, 6) is 0. The van der Waals surface area contributed by atoms with E-state index in [-0.39, 0.29) is 88.0 Å². The molecule has 130 heavy (non-hydrogen) atoms. The summed E-state index contributed by atoms with van der Waals surface area (Å²) in [6, 6.07) is 73.5. The van der Waals surface area contributed by atoms with Crippen LogP contribution < -0.4 is 26.2 Å². The van der Waals surface area contributed by atoms with Crippen LogP contribution >= 0.6 is 0 Å². The van der Waals surface area contributed by atoms with Crippen LogP contribution in [0.5, 0.6) is 0 Å². The van der Waals surface area contributed by atoms with Gasteiger partial charge in [0.05, 0.1) is 33.4 Å². The largest absolute Gasteiger partial charge is 0.310 e. The van der Waals surface area contributed by atoms with E-state index in [9.17, 15) is 11.0 Å². The summed E-state index contributed by atoms with van der Waals surface area (Å²) in [5.41, 5.74) is 32.8. The molecular formula is C126H148BN3. The highest BCUT2D eigenvalue weighted by atomic mass is 15.2. The molecule has 4 heteroatoms. The molecule has 13 aromatic carbocycles. The molecule has 0 spiro atoms. The second kappa shape index (κ2) is 31.5. The molecule has 1 aromatic heterocycles. The van der Waals surface area contributed by atoms with Crippen LogP contribution in [0.2, 0.25) is 0 Å². The van der Waals surface area contributed by atoms with Crippen LogP contribution in [0.1, 0.15) is 327 Å². The number of para-hydroxylation sites is 2. The van der Waals surface area contributed by atoms with Crippen molar-refractivity contribution in [2.75, 3.05) is 9.80 Å². The highest BCUT2D eigenvalue weighted by Gasteiger charge is 2.48. The first-order valence-electron chi connectivity index (χ1n) is 51.7. The van der Waals surface area contributed by atoms with E-state index in [4.69, 9.17) is 0 Å². The van der Waals surface area contributed by atoms with Crippen molar-refractivity contribution in [3.8, 4) is 72.4 Å². The zero-order valence-corrected chi connectivity index (χ0v) is 85.4. The lowest BCUT2D eigenvalue weighted by Gasteiger charge is -2.46. The molecule has 0 N–H and O–H groups in total. The number of benzene rings is 13. The molecule has 0 fully saturated rings. The summed E-state index contributed by atoms with van der Waals surface area (Å²) in [6.45, 7) is 83.3. The van der Waals surface area contributed by atoms with Crippen molar-refractivity contribution in [3.05, 3.63) is 309 Å². The first-order valence-corrected chi connectivity index (χ1v) is 47.7. The predicted octanol–water partition coefficient (Wildman–Crippen LogP) is 34.4. The Morgan fingerprint density at radius 3 is 0.923 bits per heavy atom. The van der Waals surface area contributed by atoms with Crippen molar-refractivity contribution in [1.82, 2.24) is 4.57 Å². The van der Waals surface area contributed by atoms with Crippen LogP contribution in [-0.4, -0.2) is 11.3 Å². The second-order valence-corrected chi connectivity index (χ2v) is 50.4. The van der Waals surface area contributed by atoms with Gasteiger partial charge in [0.25, 0.3) is 6.71 Å². The third-order valence-corrected chi connectivity index (χ3v) is 27.8. The number of aromatic nitrogens is 1. The SMILES string of the molecule is [2H]c1c([2H])c([2H])c2c(c1[2H])c1c([2H])c([2H])c([2H])c([2H])c1n2-c1ccc2c(c1)N(c1c(-c3ccc(C(C)(C)C)cc3)cc(C(C)(C)C)cc1-c1ccc(C(C)(C)C)cc1C(C)(C)C)c1cc(-c3cc(C(C)(C)C)cc(C(C)(C)C)c3)cc3c1B2c1ccc(-c2cc(C(C)(C)C)cc(C(C)(C)C)c2)cc1N3c1c(-c2ccc(C(C)(C)C)cc2)cc(C(C)(C)C)cc1-c1cc(C(C)(C)C)ccc1C(C)(C)C. The predicted molar refractivity (Wildman–Crippen MR) is 572 cm³/mol. The fourth-order valence-electron chi connectivity index (χ4n) is 19.5. The summed E-state index contributed by atoms with van der Waals surface area (Å²) in [4.78, 5) is 5.34. The number of fused-ring (bicyclic) bond motifs is 7. The van der Waals surface area contributed by atoms with Crippen LogP contribution in [0.4, 0.5) is 34.1 Å². The zero-order valence-electron chi connectivity index (χ0n) is 93.4. The smallest absolute Gasteiger partial charge is 0.252 e.